The second kappa shape index (κ2) is 4.60. The summed E-state index contributed by atoms with van der Waals surface area (Å²) in [4.78, 5) is 23.6. The van der Waals surface area contributed by atoms with E-state index < -0.39 is 12.1 Å². The fraction of sp³-hybridized carbons (Fsp3) is 0.231. The lowest BCUT2D eigenvalue weighted by atomic mass is 9.94. The Kier molecular flexibility index (Phi) is 3.14. The molecule has 1 aromatic rings. The molecule has 2 rings (SSSR count). The van der Waals surface area contributed by atoms with Crippen LogP contribution >= 0.6 is 0 Å². The van der Waals surface area contributed by atoms with Gasteiger partial charge >= 0.3 is 6.09 Å². The van der Waals surface area contributed by atoms with Gasteiger partial charge < -0.3 is 5.11 Å². The van der Waals surface area contributed by atoms with Gasteiger partial charge in [0, 0.05) is 12.6 Å². The zero-order valence-electron chi connectivity index (χ0n) is 9.76. The molecular weight excluding hydrogens is 237 g/mol. The van der Waals surface area contributed by atoms with Gasteiger partial charge in [-0.2, -0.15) is 0 Å². The van der Waals surface area contributed by atoms with Crippen molar-refractivity contribution in [2.75, 3.05) is 0 Å². The summed E-state index contributed by atoms with van der Waals surface area (Å²) in [5.74, 6) is -0.517. The molecule has 0 unspecified atom stereocenters. The predicted octanol–water partition coefficient (Wildman–Crippen LogP) is 2.64. The van der Waals surface area contributed by atoms with Crippen LogP contribution in [0.4, 0.5) is 9.18 Å². The number of hydrogen-bond acceptors (Lipinski definition) is 2. The van der Waals surface area contributed by atoms with Crippen LogP contribution in [0.3, 0.4) is 0 Å². The minimum atomic E-state index is -1.13. The first-order valence-corrected chi connectivity index (χ1v) is 5.47. The molecule has 1 aromatic carbocycles. The van der Waals surface area contributed by atoms with E-state index >= 15 is 0 Å². The third-order valence-electron chi connectivity index (χ3n) is 2.96. The number of allylic oxidation sites excluding steroid dienone is 1. The lowest BCUT2D eigenvalue weighted by molar-refractivity contribution is -0.116. The van der Waals surface area contributed by atoms with Gasteiger partial charge in [-0.3, -0.25) is 9.69 Å². The first-order valence-electron chi connectivity index (χ1n) is 5.47. The number of carbonyl (C=O) groups excluding carboxylic acids is 1. The molecule has 0 aromatic heterocycles. The van der Waals surface area contributed by atoms with Gasteiger partial charge in [-0.25, -0.2) is 9.18 Å². The predicted molar refractivity (Wildman–Crippen MR) is 62.5 cm³/mol. The van der Waals surface area contributed by atoms with Crippen molar-refractivity contribution in [3.05, 3.63) is 47.4 Å². The maximum absolute atomic E-state index is 13.0. The fourth-order valence-electron chi connectivity index (χ4n) is 2.09. The number of carboxylic acid groups (broad SMARTS) is 1. The number of benzene rings is 1. The summed E-state index contributed by atoms with van der Waals surface area (Å²) in [6, 6.07) is 3.54. The minimum absolute atomic E-state index is 0.0786. The highest BCUT2D eigenvalue weighted by atomic mass is 19.1. The summed E-state index contributed by atoms with van der Waals surface area (Å²) in [6.45, 7) is 1.70. The molecule has 0 bridgehead atoms. The van der Waals surface area contributed by atoms with Gasteiger partial charge in [-0.05, 0) is 36.3 Å². The van der Waals surface area contributed by atoms with E-state index in [0.717, 1.165) is 4.90 Å². The molecule has 0 fully saturated rings. The van der Waals surface area contributed by atoms with Crippen LogP contribution in [-0.4, -0.2) is 21.9 Å². The molecule has 1 atom stereocenters. The molecule has 0 spiro atoms. The first-order chi connectivity index (χ1) is 8.49. The highest BCUT2D eigenvalue weighted by Crippen LogP contribution is 2.30. The number of halogens is 1. The Labute approximate surface area is 103 Å². The van der Waals surface area contributed by atoms with E-state index in [0.29, 0.717) is 11.1 Å². The Hall–Kier alpha value is -2.17. The average molecular weight is 249 g/mol. The molecule has 0 saturated carbocycles. The van der Waals surface area contributed by atoms with Crippen LogP contribution in [0.5, 0.6) is 0 Å². The van der Waals surface area contributed by atoms with Crippen LogP contribution in [-0.2, 0) is 4.79 Å². The maximum atomic E-state index is 13.0. The second-order valence-electron chi connectivity index (χ2n) is 4.19. The molecule has 5 heteroatoms. The first kappa shape index (κ1) is 12.3. The third kappa shape index (κ3) is 2.25. The number of aryl methyl sites for hydroxylation is 1. The van der Waals surface area contributed by atoms with Crippen LogP contribution in [0.25, 0.3) is 0 Å². The van der Waals surface area contributed by atoms with Crippen LogP contribution in [0.15, 0.2) is 30.5 Å². The number of carbonyl (C=O) groups is 2. The summed E-state index contributed by atoms with van der Waals surface area (Å²) in [7, 11) is 0. The largest absolute Gasteiger partial charge is 0.465 e. The van der Waals surface area contributed by atoms with Gasteiger partial charge in [0.1, 0.15) is 5.82 Å². The highest BCUT2D eigenvalue weighted by Gasteiger charge is 2.29. The minimum Gasteiger partial charge on any atom is -0.465 e. The average Bonchev–Trinajstić information content (AvgIpc) is 2.28. The van der Waals surface area contributed by atoms with Crippen molar-refractivity contribution in [3.63, 3.8) is 0 Å². The van der Waals surface area contributed by atoms with Crippen molar-refractivity contribution in [1.29, 1.82) is 0 Å². The van der Waals surface area contributed by atoms with Crippen molar-refractivity contribution in [3.8, 4) is 0 Å². The summed E-state index contributed by atoms with van der Waals surface area (Å²) in [5, 5.41) is 9.09. The summed E-state index contributed by atoms with van der Waals surface area (Å²) < 4.78 is 13.0. The number of rotatable bonds is 1. The lowest BCUT2D eigenvalue weighted by Crippen LogP contribution is -2.33. The second-order valence-corrected chi connectivity index (χ2v) is 4.19. The molecule has 1 aliphatic heterocycles. The highest BCUT2D eigenvalue weighted by molar-refractivity contribution is 5.92. The van der Waals surface area contributed by atoms with Gasteiger partial charge in [0.2, 0.25) is 0 Å². The number of ketones is 1. The van der Waals surface area contributed by atoms with E-state index in [9.17, 15) is 14.0 Å². The van der Waals surface area contributed by atoms with Crippen molar-refractivity contribution in [2.24, 2.45) is 0 Å². The van der Waals surface area contributed by atoms with Gasteiger partial charge in [0.15, 0.2) is 5.78 Å². The van der Waals surface area contributed by atoms with E-state index in [1.807, 2.05) is 0 Å². The normalized spacial score (nSPS) is 19.1. The number of amides is 1. The molecule has 0 aliphatic carbocycles. The van der Waals surface area contributed by atoms with Gasteiger partial charge in [-0.15, -0.1) is 0 Å². The van der Waals surface area contributed by atoms with E-state index in [2.05, 4.69) is 0 Å². The molecule has 1 aliphatic rings. The van der Waals surface area contributed by atoms with E-state index in [-0.39, 0.29) is 18.0 Å². The van der Waals surface area contributed by atoms with Gasteiger partial charge in [0.25, 0.3) is 0 Å². The smallest absolute Gasteiger partial charge is 0.411 e. The zero-order valence-corrected chi connectivity index (χ0v) is 9.76. The summed E-state index contributed by atoms with van der Waals surface area (Å²) in [6.07, 6.45) is 1.44. The van der Waals surface area contributed by atoms with E-state index in [1.54, 1.807) is 6.92 Å². The van der Waals surface area contributed by atoms with Gasteiger partial charge in [-0.1, -0.05) is 6.07 Å². The molecule has 94 valence electrons. The Bertz CT molecular complexity index is 539. The van der Waals surface area contributed by atoms with Gasteiger partial charge in [0.05, 0.1) is 6.04 Å². The third-order valence-corrected chi connectivity index (χ3v) is 2.96. The van der Waals surface area contributed by atoms with Crippen LogP contribution in [0, 0.1) is 12.7 Å². The SMILES string of the molecule is Cc1cc(F)ccc1[C@@H]1CC(=O)C=CN1C(=O)O. The maximum Gasteiger partial charge on any atom is 0.411 e. The Morgan fingerprint density at radius 1 is 1.50 bits per heavy atom. The number of nitrogens with zero attached hydrogens (tertiary/aromatic N) is 1. The molecule has 18 heavy (non-hydrogen) atoms. The van der Waals surface area contributed by atoms with E-state index in [1.165, 1.54) is 30.5 Å². The molecule has 0 radical (unpaired) electrons. The van der Waals surface area contributed by atoms with Crippen molar-refractivity contribution in [2.45, 2.75) is 19.4 Å². The topological polar surface area (TPSA) is 57.6 Å². The monoisotopic (exact) mass is 249 g/mol. The molecule has 1 amide bonds. The molecular formula is C13H12FNO3. The fourth-order valence-corrected chi connectivity index (χ4v) is 2.09. The molecule has 4 nitrogen and oxygen atoms in total. The summed E-state index contributed by atoms with van der Waals surface area (Å²) >= 11 is 0. The molecule has 1 heterocycles. The lowest BCUT2D eigenvalue weighted by Gasteiger charge is -2.29. The standard InChI is InChI=1S/C13H12FNO3/c1-8-6-9(14)2-3-11(8)12-7-10(16)4-5-15(12)13(17)18/h2-6,12H,7H2,1H3,(H,17,18)/t12-/m0/s1. The Balaban J connectivity index is 2.43. The number of hydrogen-bond donors (Lipinski definition) is 1. The van der Waals surface area contributed by atoms with Crippen molar-refractivity contribution >= 4 is 11.9 Å². The van der Waals surface area contributed by atoms with Crippen molar-refractivity contribution < 1.29 is 19.1 Å². The van der Waals surface area contributed by atoms with Crippen LogP contribution < -0.4 is 0 Å². The Morgan fingerprint density at radius 2 is 2.22 bits per heavy atom. The quantitative estimate of drug-likeness (QED) is 0.832. The molecule has 1 N–H and O–H groups in total. The van der Waals surface area contributed by atoms with Crippen LogP contribution in [0.1, 0.15) is 23.6 Å². The van der Waals surface area contributed by atoms with Crippen LogP contribution in [0.2, 0.25) is 0 Å². The zero-order chi connectivity index (χ0) is 13.3. The molecule has 0 saturated heterocycles. The Morgan fingerprint density at radius 3 is 2.83 bits per heavy atom. The van der Waals surface area contributed by atoms with E-state index in [4.69, 9.17) is 5.11 Å². The summed E-state index contributed by atoms with van der Waals surface area (Å²) in [5.41, 5.74) is 1.28. The van der Waals surface area contributed by atoms with Crippen molar-refractivity contribution in [1.82, 2.24) is 4.90 Å².